The number of rotatable bonds is 5. The summed E-state index contributed by atoms with van der Waals surface area (Å²) < 4.78 is 0. The molecule has 2 aromatic carbocycles. The first-order chi connectivity index (χ1) is 10.3. The minimum absolute atomic E-state index is 0.183. The number of nitriles is 1. The number of amides is 1. The van der Waals surface area contributed by atoms with Crippen molar-refractivity contribution in [2.75, 3.05) is 11.1 Å². The fourth-order valence-electron chi connectivity index (χ4n) is 1.87. The SMILES string of the molecule is CCCSc1ccccc1C(=O)Nc1ccccc1C#N. The van der Waals surface area contributed by atoms with E-state index in [1.165, 1.54) is 0 Å². The number of nitrogens with zero attached hydrogens (tertiary/aromatic N) is 1. The molecule has 0 radical (unpaired) electrons. The molecule has 0 saturated carbocycles. The molecule has 2 aromatic rings. The Balaban J connectivity index is 2.23. The van der Waals surface area contributed by atoms with Crippen LogP contribution in [0.3, 0.4) is 0 Å². The van der Waals surface area contributed by atoms with Crippen LogP contribution in [0, 0.1) is 11.3 Å². The number of hydrogen-bond donors (Lipinski definition) is 1. The molecule has 3 nitrogen and oxygen atoms in total. The van der Waals surface area contributed by atoms with Gasteiger partial charge in [-0.1, -0.05) is 31.2 Å². The number of hydrogen-bond acceptors (Lipinski definition) is 3. The van der Waals surface area contributed by atoms with E-state index in [0.717, 1.165) is 17.1 Å². The van der Waals surface area contributed by atoms with Crippen molar-refractivity contribution < 1.29 is 4.79 Å². The van der Waals surface area contributed by atoms with Crippen molar-refractivity contribution in [2.45, 2.75) is 18.2 Å². The van der Waals surface area contributed by atoms with Gasteiger partial charge in [0.1, 0.15) is 6.07 Å². The van der Waals surface area contributed by atoms with Crippen molar-refractivity contribution in [2.24, 2.45) is 0 Å². The van der Waals surface area contributed by atoms with Gasteiger partial charge in [-0.15, -0.1) is 11.8 Å². The number of carbonyl (C=O) groups is 1. The van der Waals surface area contributed by atoms with Gasteiger partial charge in [0.25, 0.3) is 5.91 Å². The predicted molar refractivity (Wildman–Crippen MR) is 86.6 cm³/mol. The first-order valence-electron chi connectivity index (χ1n) is 6.78. The first-order valence-corrected chi connectivity index (χ1v) is 7.77. The number of anilines is 1. The van der Waals surface area contributed by atoms with Crippen LogP contribution in [0.25, 0.3) is 0 Å². The summed E-state index contributed by atoms with van der Waals surface area (Å²) in [5.74, 6) is 0.788. The van der Waals surface area contributed by atoms with Crippen LogP contribution in [0.15, 0.2) is 53.4 Å². The van der Waals surface area contributed by atoms with E-state index in [1.54, 1.807) is 36.0 Å². The summed E-state index contributed by atoms with van der Waals surface area (Å²) in [5, 5.41) is 11.9. The van der Waals surface area contributed by atoms with Gasteiger partial charge in [0.15, 0.2) is 0 Å². The van der Waals surface area contributed by atoms with Crippen molar-refractivity contribution in [3.05, 3.63) is 59.7 Å². The average molecular weight is 296 g/mol. The highest BCUT2D eigenvalue weighted by Gasteiger charge is 2.12. The molecule has 0 aliphatic heterocycles. The van der Waals surface area contributed by atoms with Crippen molar-refractivity contribution in [3.63, 3.8) is 0 Å². The fourth-order valence-corrected chi connectivity index (χ4v) is 2.79. The fraction of sp³-hybridized carbons (Fsp3) is 0.176. The minimum atomic E-state index is -0.183. The third-order valence-electron chi connectivity index (χ3n) is 2.89. The molecule has 0 aromatic heterocycles. The van der Waals surface area contributed by atoms with E-state index in [1.807, 2.05) is 24.3 Å². The number of para-hydroxylation sites is 1. The Hall–Kier alpha value is -2.25. The third kappa shape index (κ3) is 3.87. The molecule has 0 fully saturated rings. The Kier molecular flexibility index (Phi) is 5.42. The van der Waals surface area contributed by atoms with Crippen LogP contribution in [-0.4, -0.2) is 11.7 Å². The van der Waals surface area contributed by atoms with Crippen LogP contribution in [0.1, 0.15) is 29.3 Å². The van der Waals surface area contributed by atoms with Crippen molar-refractivity contribution >= 4 is 23.4 Å². The van der Waals surface area contributed by atoms with Crippen LogP contribution in [0.5, 0.6) is 0 Å². The van der Waals surface area contributed by atoms with Gasteiger partial charge in [0.05, 0.1) is 16.8 Å². The number of nitrogens with one attached hydrogen (secondary N) is 1. The summed E-state index contributed by atoms with van der Waals surface area (Å²) in [6.45, 7) is 2.11. The standard InChI is InChI=1S/C17H16N2OS/c1-2-11-21-16-10-6-4-8-14(16)17(20)19-15-9-5-3-7-13(15)12-18/h3-10H,2,11H2,1H3,(H,19,20). The third-order valence-corrected chi connectivity index (χ3v) is 4.17. The summed E-state index contributed by atoms with van der Waals surface area (Å²) in [5.41, 5.74) is 1.65. The summed E-state index contributed by atoms with van der Waals surface area (Å²) in [7, 11) is 0. The lowest BCUT2D eigenvalue weighted by Crippen LogP contribution is -2.13. The Labute approximate surface area is 129 Å². The summed E-state index contributed by atoms with van der Waals surface area (Å²) in [6, 6.07) is 16.6. The second-order valence-electron chi connectivity index (χ2n) is 4.46. The van der Waals surface area contributed by atoms with Gasteiger partial charge in [-0.05, 0) is 36.4 Å². The zero-order valence-corrected chi connectivity index (χ0v) is 12.6. The van der Waals surface area contributed by atoms with E-state index < -0.39 is 0 Å². The lowest BCUT2D eigenvalue weighted by molar-refractivity contribution is 0.102. The van der Waals surface area contributed by atoms with Gasteiger partial charge < -0.3 is 5.32 Å². The number of carbonyl (C=O) groups excluding carboxylic acids is 1. The van der Waals surface area contributed by atoms with Crippen molar-refractivity contribution in [1.82, 2.24) is 0 Å². The number of thioether (sulfide) groups is 1. The summed E-state index contributed by atoms with van der Waals surface area (Å²) in [4.78, 5) is 13.4. The molecule has 2 rings (SSSR count). The van der Waals surface area contributed by atoms with E-state index in [-0.39, 0.29) is 5.91 Å². The van der Waals surface area contributed by atoms with Gasteiger partial charge in [-0.3, -0.25) is 4.79 Å². The summed E-state index contributed by atoms with van der Waals surface area (Å²) >= 11 is 1.67. The van der Waals surface area contributed by atoms with Gasteiger partial charge in [0.2, 0.25) is 0 Å². The topological polar surface area (TPSA) is 52.9 Å². The van der Waals surface area contributed by atoms with Crippen LogP contribution >= 0.6 is 11.8 Å². The van der Waals surface area contributed by atoms with E-state index in [2.05, 4.69) is 18.3 Å². The van der Waals surface area contributed by atoms with Crippen molar-refractivity contribution in [3.8, 4) is 6.07 Å². The molecule has 1 amide bonds. The lowest BCUT2D eigenvalue weighted by Gasteiger charge is -2.10. The van der Waals surface area contributed by atoms with Crippen LogP contribution in [-0.2, 0) is 0 Å². The molecule has 0 aliphatic rings. The molecular weight excluding hydrogens is 280 g/mol. The molecule has 0 spiro atoms. The molecule has 106 valence electrons. The maximum atomic E-state index is 12.4. The van der Waals surface area contributed by atoms with Crippen LogP contribution in [0.2, 0.25) is 0 Å². The predicted octanol–water partition coefficient (Wildman–Crippen LogP) is 4.31. The molecule has 0 bridgehead atoms. The van der Waals surface area contributed by atoms with E-state index in [9.17, 15) is 4.79 Å². The average Bonchev–Trinajstić information content (AvgIpc) is 2.53. The summed E-state index contributed by atoms with van der Waals surface area (Å²) in [6.07, 6.45) is 1.05. The highest BCUT2D eigenvalue weighted by atomic mass is 32.2. The van der Waals surface area contributed by atoms with Crippen molar-refractivity contribution in [1.29, 1.82) is 5.26 Å². The quantitative estimate of drug-likeness (QED) is 0.836. The molecule has 21 heavy (non-hydrogen) atoms. The largest absolute Gasteiger partial charge is 0.321 e. The van der Waals surface area contributed by atoms with Gasteiger partial charge in [-0.25, -0.2) is 0 Å². The highest BCUT2D eigenvalue weighted by molar-refractivity contribution is 7.99. The minimum Gasteiger partial charge on any atom is -0.321 e. The van der Waals surface area contributed by atoms with Gasteiger partial charge >= 0.3 is 0 Å². The van der Waals surface area contributed by atoms with Crippen LogP contribution in [0.4, 0.5) is 5.69 Å². The monoisotopic (exact) mass is 296 g/mol. The Morgan fingerprint density at radius 3 is 2.67 bits per heavy atom. The van der Waals surface area contributed by atoms with Gasteiger partial charge in [0, 0.05) is 4.90 Å². The lowest BCUT2D eigenvalue weighted by atomic mass is 10.1. The second-order valence-corrected chi connectivity index (χ2v) is 5.59. The zero-order chi connectivity index (χ0) is 15.1. The Morgan fingerprint density at radius 2 is 1.90 bits per heavy atom. The molecular formula is C17H16N2OS. The first kappa shape index (κ1) is 15.1. The van der Waals surface area contributed by atoms with Gasteiger partial charge in [-0.2, -0.15) is 5.26 Å². The van der Waals surface area contributed by atoms with E-state index in [4.69, 9.17) is 5.26 Å². The van der Waals surface area contributed by atoms with Crippen LogP contribution < -0.4 is 5.32 Å². The molecule has 1 N–H and O–H groups in total. The highest BCUT2D eigenvalue weighted by Crippen LogP contribution is 2.24. The molecule has 0 aliphatic carbocycles. The molecule has 0 saturated heterocycles. The number of benzene rings is 2. The molecule has 0 heterocycles. The normalized spacial score (nSPS) is 9.90. The zero-order valence-electron chi connectivity index (χ0n) is 11.8. The smallest absolute Gasteiger partial charge is 0.256 e. The maximum absolute atomic E-state index is 12.4. The molecule has 0 atom stereocenters. The van der Waals surface area contributed by atoms with E-state index in [0.29, 0.717) is 16.8 Å². The maximum Gasteiger partial charge on any atom is 0.256 e. The molecule has 4 heteroatoms. The second kappa shape index (κ2) is 7.51. The molecule has 0 unspecified atom stereocenters. The Morgan fingerprint density at radius 1 is 1.19 bits per heavy atom. The Bertz CT molecular complexity index is 676. The van der Waals surface area contributed by atoms with E-state index >= 15 is 0 Å².